The lowest BCUT2D eigenvalue weighted by molar-refractivity contribution is 0.374. The van der Waals surface area contributed by atoms with Gasteiger partial charge in [0.05, 0.1) is 5.69 Å². The number of ether oxygens (including phenoxy) is 1. The molecule has 1 aromatic rings. The van der Waals surface area contributed by atoms with Crippen molar-refractivity contribution in [2.75, 3.05) is 17.7 Å². The van der Waals surface area contributed by atoms with Gasteiger partial charge in [0.2, 0.25) is 0 Å². The van der Waals surface area contributed by atoms with Crippen molar-refractivity contribution >= 4 is 34.2 Å². The van der Waals surface area contributed by atoms with Gasteiger partial charge in [0.15, 0.2) is 5.75 Å². The second-order valence-electron chi connectivity index (χ2n) is 3.52. The first-order chi connectivity index (χ1) is 7.09. The second-order valence-corrected chi connectivity index (χ2v) is 4.02. The number of hydrogen-bond donors (Lipinski definition) is 2. The van der Waals surface area contributed by atoms with E-state index in [0.717, 1.165) is 22.6 Å². The van der Waals surface area contributed by atoms with Gasteiger partial charge in [0.1, 0.15) is 11.6 Å². The monoisotopic (exact) mass is 220 g/mol. The maximum absolute atomic E-state index is 5.88. The van der Waals surface area contributed by atoms with E-state index in [4.69, 9.17) is 22.7 Å². The number of nitrogen functional groups attached to an aromatic ring is 1. The lowest BCUT2D eigenvalue weighted by Gasteiger charge is -2.23. The Morgan fingerprint density at radius 2 is 2.33 bits per heavy atom. The molecule has 4 heteroatoms. The van der Waals surface area contributed by atoms with Crippen LogP contribution in [-0.2, 0) is 0 Å². The number of fused-ring (bicyclic) bond motifs is 1. The molecule has 2 rings (SSSR count). The minimum atomic E-state index is 0.395. The van der Waals surface area contributed by atoms with Crippen molar-refractivity contribution in [3.8, 4) is 5.75 Å². The average molecular weight is 220 g/mol. The van der Waals surface area contributed by atoms with Crippen LogP contribution in [0.1, 0.15) is 12.5 Å². The summed E-state index contributed by atoms with van der Waals surface area (Å²) in [4.78, 5) is 0.680. The highest BCUT2D eigenvalue weighted by atomic mass is 32.1. The Labute approximate surface area is 93.9 Å². The number of nitrogens with one attached hydrogen (secondary N) is 1. The first-order valence-electron chi connectivity index (χ1n) is 4.60. The third-order valence-electron chi connectivity index (χ3n) is 2.24. The van der Waals surface area contributed by atoms with Crippen LogP contribution in [0.25, 0.3) is 5.57 Å². The van der Waals surface area contributed by atoms with E-state index >= 15 is 0 Å². The number of thiocarbonyl (C=S) groups is 1. The van der Waals surface area contributed by atoms with Crippen molar-refractivity contribution in [1.29, 1.82) is 0 Å². The first kappa shape index (κ1) is 9.98. The number of hydrogen-bond acceptors (Lipinski definition) is 3. The number of nitrogens with two attached hydrogens (primary N) is 1. The topological polar surface area (TPSA) is 47.3 Å². The summed E-state index contributed by atoms with van der Waals surface area (Å²) in [6.07, 6.45) is 0. The molecule has 0 saturated heterocycles. The zero-order valence-electron chi connectivity index (χ0n) is 8.46. The quantitative estimate of drug-likeness (QED) is 0.563. The van der Waals surface area contributed by atoms with Gasteiger partial charge in [-0.25, -0.2) is 0 Å². The zero-order chi connectivity index (χ0) is 11.0. The fraction of sp³-hybridized carbons (Fsp3) is 0.182. The molecule has 78 valence electrons. The van der Waals surface area contributed by atoms with E-state index in [2.05, 4.69) is 11.9 Å². The Kier molecular flexibility index (Phi) is 2.36. The molecule has 15 heavy (non-hydrogen) atoms. The van der Waals surface area contributed by atoms with Crippen LogP contribution in [0, 0.1) is 0 Å². The van der Waals surface area contributed by atoms with Crippen LogP contribution < -0.4 is 15.8 Å². The van der Waals surface area contributed by atoms with Crippen LogP contribution in [0.4, 0.5) is 11.4 Å². The molecule has 0 saturated carbocycles. The fourth-order valence-corrected chi connectivity index (χ4v) is 1.78. The predicted octanol–water partition coefficient (Wildman–Crippen LogP) is 2.43. The van der Waals surface area contributed by atoms with Gasteiger partial charge in [0.25, 0.3) is 0 Å². The Hall–Kier alpha value is -1.55. The highest BCUT2D eigenvalue weighted by Gasteiger charge is 2.19. The van der Waals surface area contributed by atoms with Crippen molar-refractivity contribution in [1.82, 2.24) is 0 Å². The number of benzene rings is 1. The van der Waals surface area contributed by atoms with Crippen LogP contribution >= 0.6 is 12.2 Å². The van der Waals surface area contributed by atoms with Crippen molar-refractivity contribution in [2.45, 2.75) is 6.92 Å². The molecule has 0 unspecified atom stereocenters. The van der Waals surface area contributed by atoms with Gasteiger partial charge < -0.3 is 15.8 Å². The minimum absolute atomic E-state index is 0.395. The van der Waals surface area contributed by atoms with Crippen LogP contribution in [-0.4, -0.2) is 11.6 Å². The van der Waals surface area contributed by atoms with Gasteiger partial charge in [-0.3, -0.25) is 0 Å². The summed E-state index contributed by atoms with van der Waals surface area (Å²) in [5, 5.41) is 3.09. The Morgan fingerprint density at radius 3 is 3.00 bits per heavy atom. The number of rotatable bonds is 1. The van der Waals surface area contributed by atoms with E-state index in [1.807, 2.05) is 19.1 Å². The maximum Gasteiger partial charge on any atom is 0.152 e. The second kappa shape index (κ2) is 3.55. The molecule has 3 nitrogen and oxygen atoms in total. The van der Waals surface area contributed by atoms with Crippen molar-refractivity contribution in [3.63, 3.8) is 0 Å². The minimum Gasteiger partial charge on any atom is -0.484 e. The van der Waals surface area contributed by atoms with Crippen LogP contribution in [0.2, 0.25) is 0 Å². The van der Waals surface area contributed by atoms with Gasteiger partial charge in [-0.2, -0.15) is 0 Å². The van der Waals surface area contributed by atoms with Crippen LogP contribution in [0.5, 0.6) is 5.75 Å². The molecular formula is C11H12N2OS. The highest BCUT2D eigenvalue weighted by Crippen LogP contribution is 2.38. The van der Waals surface area contributed by atoms with Gasteiger partial charge in [-0.05, 0) is 24.6 Å². The summed E-state index contributed by atoms with van der Waals surface area (Å²) < 4.78 is 5.56. The normalized spacial score (nSPS) is 13.8. The number of allylic oxidation sites excluding steroid dienone is 1. The van der Waals surface area contributed by atoms with Crippen molar-refractivity contribution in [2.24, 2.45) is 0 Å². The fourth-order valence-electron chi connectivity index (χ4n) is 1.61. The Balaban J connectivity index is 2.60. The van der Waals surface area contributed by atoms with Gasteiger partial charge in [0, 0.05) is 11.3 Å². The summed E-state index contributed by atoms with van der Waals surface area (Å²) in [7, 11) is 0. The molecule has 0 spiro atoms. The highest BCUT2D eigenvalue weighted by molar-refractivity contribution is 7.80. The summed E-state index contributed by atoms with van der Waals surface area (Å²) in [5.41, 5.74) is 9.17. The van der Waals surface area contributed by atoms with Crippen LogP contribution in [0.15, 0.2) is 18.7 Å². The van der Waals surface area contributed by atoms with E-state index in [1.165, 1.54) is 0 Å². The molecule has 0 atom stereocenters. The molecule has 0 amide bonds. The lowest BCUT2D eigenvalue weighted by atomic mass is 10.0. The molecule has 0 aliphatic carbocycles. The molecule has 1 aliphatic heterocycles. The molecular weight excluding hydrogens is 208 g/mol. The third-order valence-corrected chi connectivity index (χ3v) is 2.46. The molecule has 3 N–H and O–H groups in total. The summed E-state index contributed by atoms with van der Waals surface area (Å²) in [6.45, 7) is 6.19. The average Bonchev–Trinajstić information content (AvgIpc) is 2.17. The molecule has 1 aliphatic rings. The zero-order valence-corrected chi connectivity index (χ0v) is 9.28. The molecule has 0 bridgehead atoms. The van der Waals surface area contributed by atoms with Crippen molar-refractivity contribution in [3.05, 3.63) is 24.3 Å². The Bertz CT molecular complexity index is 454. The lowest BCUT2D eigenvalue weighted by Crippen LogP contribution is -2.24. The van der Waals surface area contributed by atoms with Gasteiger partial charge in [-0.1, -0.05) is 18.8 Å². The molecule has 0 radical (unpaired) electrons. The first-order valence-corrected chi connectivity index (χ1v) is 5.01. The molecule has 1 heterocycles. The smallest absolute Gasteiger partial charge is 0.152 e. The van der Waals surface area contributed by atoms with E-state index in [-0.39, 0.29) is 0 Å². The number of anilines is 2. The molecule has 0 fully saturated rings. The van der Waals surface area contributed by atoms with Crippen molar-refractivity contribution < 1.29 is 4.74 Å². The largest absolute Gasteiger partial charge is 0.484 e. The third kappa shape index (κ3) is 1.68. The predicted molar refractivity (Wildman–Crippen MR) is 67.3 cm³/mol. The van der Waals surface area contributed by atoms with E-state index in [9.17, 15) is 0 Å². The van der Waals surface area contributed by atoms with Gasteiger partial charge in [-0.15, -0.1) is 0 Å². The van der Waals surface area contributed by atoms with E-state index in [1.54, 1.807) is 0 Å². The van der Waals surface area contributed by atoms with Crippen LogP contribution in [0.3, 0.4) is 0 Å². The summed E-state index contributed by atoms with van der Waals surface area (Å²) >= 11 is 5.03. The van der Waals surface area contributed by atoms with E-state index in [0.29, 0.717) is 17.3 Å². The summed E-state index contributed by atoms with van der Waals surface area (Å²) in [5.74, 6) is 0.746. The Morgan fingerprint density at radius 1 is 1.60 bits per heavy atom. The molecule has 1 aromatic carbocycles. The maximum atomic E-state index is 5.88. The molecule has 0 aromatic heterocycles. The van der Waals surface area contributed by atoms with E-state index < -0.39 is 0 Å². The van der Waals surface area contributed by atoms with Gasteiger partial charge >= 0.3 is 0 Å². The standard InChI is InChI=1S/C11H12N2OS/c1-6(2)10-7(12)3-4-8-11(10)14-5-9(15)13-8/h3-4H,1,5,12H2,2H3,(H,13,15). The SMILES string of the molecule is C=C(C)c1c(N)ccc2c1OCC(=S)N2. The summed E-state index contributed by atoms with van der Waals surface area (Å²) in [6, 6.07) is 3.69.